The van der Waals surface area contributed by atoms with Crippen molar-refractivity contribution in [1.82, 2.24) is 5.32 Å². The van der Waals surface area contributed by atoms with Gasteiger partial charge in [-0.3, -0.25) is 0 Å². The zero-order valence-corrected chi connectivity index (χ0v) is 10.5. The van der Waals surface area contributed by atoms with Gasteiger partial charge in [0.05, 0.1) is 13.2 Å². The van der Waals surface area contributed by atoms with Crippen LogP contribution in [0, 0.1) is 11.7 Å². The van der Waals surface area contributed by atoms with Gasteiger partial charge in [0.25, 0.3) is 0 Å². The van der Waals surface area contributed by atoms with Crippen molar-refractivity contribution in [2.24, 2.45) is 5.92 Å². The Kier molecular flexibility index (Phi) is 3.09. The molecule has 4 heteroatoms. The van der Waals surface area contributed by atoms with Crippen LogP contribution in [0.1, 0.15) is 24.5 Å². The van der Waals surface area contributed by atoms with Crippen LogP contribution >= 0.6 is 0 Å². The maximum Gasteiger partial charge on any atom is 0.170 e. The van der Waals surface area contributed by atoms with Gasteiger partial charge in [-0.2, -0.15) is 0 Å². The Hall–Kier alpha value is -0.970. The average Bonchev–Trinajstić information content (AvgIpc) is 2.84. The van der Waals surface area contributed by atoms with Gasteiger partial charge >= 0.3 is 0 Å². The highest BCUT2D eigenvalue weighted by molar-refractivity contribution is 5.27. The summed E-state index contributed by atoms with van der Waals surface area (Å²) in [6, 6.07) is 4.80. The summed E-state index contributed by atoms with van der Waals surface area (Å²) in [7, 11) is 0. The van der Waals surface area contributed by atoms with Crippen LogP contribution < -0.4 is 5.32 Å². The highest BCUT2D eigenvalue weighted by Crippen LogP contribution is 2.33. The van der Waals surface area contributed by atoms with Crippen LogP contribution in [0.15, 0.2) is 18.2 Å². The van der Waals surface area contributed by atoms with Gasteiger partial charge in [-0.25, -0.2) is 4.39 Å². The minimum Gasteiger partial charge on any atom is -0.345 e. The molecule has 2 unspecified atom stereocenters. The molecule has 1 aromatic carbocycles. The van der Waals surface area contributed by atoms with Crippen molar-refractivity contribution in [1.29, 1.82) is 0 Å². The van der Waals surface area contributed by atoms with E-state index in [-0.39, 0.29) is 5.82 Å². The van der Waals surface area contributed by atoms with Crippen LogP contribution in [-0.4, -0.2) is 18.9 Å². The zero-order valence-electron chi connectivity index (χ0n) is 10.5. The number of fused-ring (bicyclic) bond motifs is 1. The van der Waals surface area contributed by atoms with Gasteiger partial charge in [0, 0.05) is 12.5 Å². The van der Waals surface area contributed by atoms with Gasteiger partial charge in [0.15, 0.2) is 5.79 Å². The largest absolute Gasteiger partial charge is 0.345 e. The van der Waals surface area contributed by atoms with E-state index >= 15 is 0 Å². The first-order chi connectivity index (χ1) is 8.67. The molecule has 3 nitrogen and oxygen atoms in total. The van der Waals surface area contributed by atoms with E-state index in [0.717, 1.165) is 30.6 Å². The van der Waals surface area contributed by atoms with E-state index in [1.54, 1.807) is 6.07 Å². The van der Waals surface area contributed by atoms with E-state index in [4.69, 9.17) is 9.47 Å². The molecule has 2 aliphatic rings. The van der Waals surface area contributed by atoms with Crippen molar-refractivity contribution in [3.8, 4) is 0 Å². The van der Waals surface area contributed by atoms with Crippen molar-refractivity contribution in [2.45, 2.75) is 32.3 Å². The van der Waals surface area contributed by atoms with Crippen molar-refractivity contribution >= 4 is 0 Å². The summed E-state index contributed by atoms with van der Waals surface area (Å²) < 4.78 is 25.1. The van der Waals surface area contributed by atoms with Crippen LogP contribution in [0.4, 0.5) is 4.39 Å². The molecular weight excluding hydrogens is 233 g/mol. The molecule has 2 heterocycles. The lowest BCUT2D eigenvalue weighted by atomic mass is 9.99. The first-order valence-electron chi connectivity index (χ1n) is 6.43. The second-order valence-electron chi connectivity index (χ2n) is 5.20. The third kappa shape index (κ3) is 2.16. The second-order valence-corrected chi connectivity index (χ2v) is 5.20. The Morgan fingerprint density at radius 3 is 2.78 bits per heavy atom. The molecule has 0 saturated carbocycles. The van der Waals surface area contributed by atoms with Gasteiger partial charge < -0.3 is 14.8 Å². The standard InChI is InChI=1S/C14H18FNO2/c1-14(12-4-5-16-7-12)17-8-10-2-3-13(15)6-11(10)9-18-14/h2-3,6,12,16H,4-5,7-9H2,1H3. The second kappa shape index (κ2) is 4.61. The Balaban J connectivity index is 1.81. The number of nitrogens with one attached hydrogen (secondary N) is 1. The number of hydrogen-bond donors (Lipinski definition) is 1. The molecular formula is C14H18FNO2. The molecule has 3 rings (SSSR count). The highest BCUT2D eigenvalue weighted by Gasteiger charge is 2.39. The monoisotopic (exact) mass is 251 g/mol. The fourth-order valence-electron chi connectivity index (χ4n) is 2.69. The van der Waals surface area contributed by atoms with Crippen LogP contribution in [0.25, 0.3) is 0 Å². The predicted molar refractivity (Wildman–Crippen MR) is 65.4 cm³/mol. The number of halogens is 1. The lowest BCUT2D eigenvalue weighted by Gasteiger charge is -2.33. The van der Waals surface area contributed by atoms with E-state index in [0.29, 0.717) is 19.1 Å². The van der Waals surface area contributed by atoms with E-state index < -0.39 is 5.79 Å². The maximum absolute atomic E-state index is 13.2. The smallest absolute Gasteiger partial charge is 0.170 e. The highest BCUT2D eigenvalue weighted by atomic mass is 19.1. The molecule has 1 aromatic rings. The normalized spacial score (nSPS) is 32.0. The summed E-state index contributed by atoms with van der Waals surface area (Å²) in [5, 5.41) is 3.33. The molecule has 1 N–H and O–H groups in total. The summed E-state index contributed by atoms with van der Waals surface area (Å²) in [5.41, 5.74) is 1.91. The van der Waals surface area contributed by atoms with E-state index in [1.807, 2.05) is 6.92 Å². The van der Waals surface area contributed by atoms with E-state index in [1.165, 1.54) is 12.1 Å². The summed E-state index contributed by atoms with van der Waals surface area (Å²) in [5.74, 6) is -0.431. The number of benzene rings is 1. The molecule has 2 atom stereocenters. The Labute approximate surface area is 106 Å². The molecule has 0 bridgehead atoms. The van der Waals surface area contributed by atoms with Crippen LogP contribution in [-0.2, 0) is 22.7 Å². The predicted octanol–water partition coefficient (Wildman–Crippen LogP) is 2.20. The molecule has 2 aliphatic heterocycles. The summed E-state index contributed by atoms with van der Waals surface area (Å²) in [4.78, 5) is 0. The first kappa shape index (κ1) is 12.1. The molecule has 1 saturated heterocycles. The number of hydrogen-bond acceptors (Lipinski definition) is 3. The first-order valence-corrected chi connectivity index (χ1v) is 6.43. The van der Waals surface area contributed by atoms with Crippen molar-refractivity contribution < 1.29 is 13.9 Å². The molecule has 98 valence electrons. The van der Waals surface area contributed by atoms with Gasteiger partial charge in [0.1, 0.15) is 5.82 Å². The SMILES string of the molecule is CC1(C2CCNC2)OCc2ccc(F)cc2CO1. The molecule has 1 fully saturated rings. The van der Waals surface area contributed by atoms with Gasteiger partial charge in [-0.15, -0.1) is 0 Å². The van der Waals surface area contributed by atoms with E-state index in [9.17, 15) is 4.39 Å². The van der Waals surface area contributed by atoms with E-state index in [2.05, 4.69) is 5.32 Å². The number of rotatable bonds is 1. The molecule has 0 aromatic heterocycles. The van der Waals surface area contributed by atoms with Gasteiger partial charge in [-0.1, -0.05) is 6.07 Å². The lowest BCUT2D eigenvalue weighted by Crippen LogP contribution is -2.40. The molecule has 18 heavy (non-hydrogen) atoms. The molecule has 0 spiro atoms. The third-order valence-electron chi connectivity index (χ3n) is 4.00. The van der Waals surface area contributed by atoms with Gasteiger partial charge in [0.2, 0.25) is 0 Å². The summed E-state index contributed by atoms with van der Waals surface area (Å²) >= 11 is 0. The zero-order chi connectivity index (χ0) is 12.6. The van der Waals surface area contributed by atoms with Crippen LogP contribution in [0.3, 0.4) is 0 Å². The quantitative estimate of drug-likeness (QED) is 0.830. The molecule has 0 aliphatic carbocycles. The Bertz CT molecular complexity index is 445. The van der Waals surface area contributed by atoms with Crippen molar-refractivity contribution in [3.63, 3.8) is 0 Å². The fraction of sp³-hybridized carbons (Fsp3) is 0.571. The summed E-state index contributed by atoms with van der Waals surface area (Å²) in [6.45, 7) is 4.82. The molecule has 0 radical (unpaired) electrons. The van der Waals surface area contributed by atoms with Crippen molar-refractivity contribution in [2.75, 3.05) is 13.1 Å². The fourth-order valence-corrected chi connectivity index (χ4v) is 2.69. The van der Waals surface area contributed by atoms with Crippen LogP contribution in [0.5, 0.6) is 0 Å². The van der Waals surface area contributed by atoms with Gasteiger partial charge in [-0.05, 0) is 43.1 Å². The third-order valence-corrected chi connectivity index (χ3v) is 4.00. The molecule has 0 amide bonds. The Morgan fingerprint density at radius 2 is 2.06 bits per heavy atom. The summed E-state index contributed by atoms with van der Waals surface area (Å²) in [6.07, 6.45) is 1.06. The minimum atomic E-state index is -0.570. The number of ether oxygens (including phenoxy) is 2. The van der Waals surface area contributed by atoms with Crippen molar-refractivity contribution in [3.05, 3.63) is 35.1 Å². The minimum absolute atomic E-state index is 0.219. The average molecular weight is 251 g/mol. The Morgan fingerprint density at radius 1 is 1.28 bits per heavy atom. The lowest BCUT2D eigenvalue weighted by molar-refractivity contribution is -0.258. The maximum atomic E-state index is 13.2. The van der Waals surface area contributed by atoms with Crippen LogP contribution in [0.2, 0.25) is 0 Å². The topological polar surface area (TPSA) is 30.5 Å².